The first-order valence-corrected chi connectivity index (χ1v) is 7.77. The molecule has 5 heteroatoms. The predicted octanol–water partition coefficient (Wildman–Crippen LogP) is 3.54. The zero-order valence-corrected chi connectivity index (χ0v) is 16.2. The van der Waals surface area contributed by atoms with Crippen LogP contribution in [-0.4, -0.2) is 37.0 Å². The van der Waals surface area contributed by atoms with Gasteiger partial charge in [0, 0.05) is 17.6 Å². The fourth-order valence-corrected chi connectivity index (χ4v) is 2.02. The number of β-amino-alcohol motifs (C(OH)–C–C–N with tert-alkyl or cyclic N) is 1. The number of ether oxygens (including phenoxy) is 2. The van der Waals surface area contributed by atoms with Gasteiger partial charge in [-0.1, -0.05) is 20.8 Å². The summed E-state index contributed by atoms with van der Waals surface area (Å²) in [6.45, 7) is 13.4. The van der Waals surface area contributed by atoms with Gasteiger partial charge < -0.3 is 19.9 Å². The number of halogens is 1. The molecular formula is C18H32ClNO3. The number of methoxy groups -OCH3 is 1. The maximum atomic E-state index is 10.1. The molecule has 0 radical (unpaired) electrons. The van der Waals surface area contributed by atoms with Gasteiger partial charge in [0.25, 0.3) is 0 Å². The van der Waals surface area contributed by atoms with Crippen molar-refractivity contribution < 1.29 is 14.6 Å². The second-order valence-corrected chi connectivity index (χ2v) is 7.71. The van der Waals surface area contributed by atoms with Crippen molar-refractivity contribution in [2.24, 2.45) is 0 Å². The minimum atomic E-state index is -0.547. The van der Waals surface area contributed by atoms with Gasteiger partial charge in [-0.05, 0) is 44.4 Å². The Morgan fingerprint density at radius 1 is 1.13 bits per heavy atom. The highest BCUT2D eigenvalue weighted by Gasteiger charge is 2.21. The third-order valence-electron chi connectivity index (χ3n) is 3.29. The van der Waals surface area contributed by atoms with Gasteiger partial charge in [-0.15, -0.1) is 12.4 Å². The molecule has 1 aromatic carbocycles. The van der Waals surface area contributed by atoms with E-state index in [2.05, 4.69) is 46.9 Å². The van der Waals surface area contributed by atoms with Gasteiger partial charge in [-0.25, -0.2) is 0 Å². The Morgan fingerprint density at radius 3 is 2.22 bits per heavy atom. The van der Waals surface area contributed by atoms with E-state index in [1.165, 1.54) is 0 Å². The second-order valence-electron chi connectivity index (χ2n) is 7.71. The maximum Gasteiger partial charge on any atom is 0.123 e. The van der Waals surface area contributed by atoms with Crippen molar-refractivity contribution >= 4 is 12.4 Å². The van der Waals surface area contributed by atoms with Crippen LogP contribution in [0.3, 0.4) is 0 Å². The van der Waals surface area contributed by atoms with Crippen molar-refractivity contribution in [3.05, 3.63) is 23.8 Å². The normalized spacial score (nSPS) is 13.2. The molecule has 0 spiro atoms. The smallest absolute Gasteiger partial charge is 0.123 e. The quantitative estimate of drug-likeness (QED) is 0.828. The van der Waals surface area contributed by atoms with Crippen molar-refractivity contribution in [1.29, 1.82) is 0 Å². The minimum Gasteiger partial charge on any atom is -0.497 e. The van der Waals surface area contributed by atoms with Gasteiger partial charge in [0.15, 0.2) is 0 Å². The molecule has 4 nitrogen and oxygen atoms in total. The molecule has 0 fully saturated rings. The molecule has 1 aromatic rings. The third kappa shape index (κ3) is 7.91. The van der Waals surface area contributed by atoms with Gasteiger partial charge in [0.1, 0.15) is 24.2 Å². The van der Waals surface area contributed by atoms with Gasteiger partial charge in [0.2, 0.25) is 0 Å². The number of hydrogen-bond donors (Lipinski definition) is 2. The fourth-order valence-electron chi connectivity index (χ4n) is 2.02. The van der Waals surface area contributed by atoms with E-state index in [0.29, 0.717) is 6.54 Å². The minimum absolute atomic E-state index is 0. The summed E-state index contributed by atoms with van der Waals surface area (Å²) in [5.74, 6) is 1.61. The SMILES string of the molecule is COc1ccc(OCC(O)CNC(C)(C)C)c(C(C)(C)C)c1.Cl. The fraction of sp³-hybridized carbons (Fsp3) is 0.667. The first kappa shape index (κ1) is 22.0. The van der Waals surface area contributed by atoms with E-state index in [9.17, 15) is 5.11 Å². The third-order valence-corrected chi connectivity index (χ3v) is 3.29. The van der Waals surface area contributed by atoms with Gasteiger partial charge in [-0.2, -0.15) is 0 Å². The van der Waals surface area contributed by atoms with Crippen LogP contribution in [0, 0.1) is 0 Å². The van der Waals surface area contributed by atoms with Crippen LogP contribution < -0.4 is 14.8 Å². The molecule has 0 heterocycles. The molecule has 1 rings (SSSR count). The van der Waals surface area contributed by atoms with E-state index in [0.717, 1.165) is 17.1 Å². The summed E-state index contributed by atoms with van der Waals surface area (Å²) in [4.78, 5) is 0. The number of nitrogens with one attached hydrogen (secondary N) is 1. The molecule has 0 aliphatic rings. The monoisotopic (exact) mass is 345 g/mol. The summed E-state index contributed by atoms with van der Waals surface area (Å²) >= 11 is 0. The molecule has 0 saturated carbocycles. The second kappa shape index (κ2) is 8.76. The Bertz CT molecular complexity index is 478. The van der Waals surface area contributed by atoms with E-state index < -0.39 is 6.10 Å². The average molecular weight is 346 g/mol. The topological polar surface area (TPSA) is 50.7 Å². The average Bonchev–Trinajstić information content (AvgIpc) is 2.41. The molecule has 1 atom stereocenters. The van der Waals surface area contributed by atoms with E-state index in [4.69, 9.17) is 9.47 Å². The van der Waals surface area contributed by atoms with E-state index in [1.807, 2.05) is 18.2 Å². The molecule has 0 aliphatic heterocycles. The summed E-state index contributed by atoms with van der Waals surface area (Å²) in [7, 11) is 1.66. The van der Waals surface area contributed by atoms with Crippen molar-refractivity contribution in [1.82, 2.24) is 5.32 Å². The summed E-state index contributed by atoms with van der Waals surface area (Å²) in [6, 6.07) is 5.78. The zero-order valence-electron chi connectivity index (χ0n) is 15.4. The lowest BCUT2D eigenvalue weighted by Crippen LogP contribution is -2.42. The molecule has 0 aliphatic carbocycles. The van der Waals surface area contributed by atoms with Crippen LogP contribution in [0.1, 0.15) is 47.1 Å². The molecule has 134 valence electrons. The van der Waals surface area contributed by atoms with Crippen LogP contribution in [0.5, 0.6) is 11.5 Å². The Kier molecular flexibility index (Phi) is 8.39. The van der Waals surface area contributed by atoms with E-state index in [-0.39, 0.29) is 30.0 Å². The maximum absolute atomic E-state index is 10.1. The molecule has 0 saturated heterocycles. The number of benzene rings is 1. The van der Waals surface area contributed by atoms with Gasteiger partial charge in [-0.3, -0.25) is 0 Å². The Hall–Kier alpha value is -0.970. The van der Waals surface area contributed by atoms with E-state index in [1.54, 1.807) is 7.11 Å². The number of aliphatic hydroxyl groups is 1. The molecule has 23 heavy (non-hydrogen) atoms. The summed E-state index contributed by atoms with van der Waals surface area (Å²) in [6.07, 6.45) is -0.547. The van der Waals surface area contributed by atoms with E-state index >= 15 is 0 Å². The highest BCUT2D eigenvalue weighted by Crippen LogP contribution is 2.34. The van der Waals surface area contributed by atoms with Crippen LogP contribution in [0.15, 0.2) is 18.2 Å². The Labute approximate surface area is 147 Å². The number of rotatable bonds is 6. The lowest BCUT2D eigenvalue weighted by molar-refractivity contribution is 0.0990. The largest absolute Gasteiger partial charge is 0.497 e. The molecule has 2 N–H and O–H groups in total. The summed E-state index contributed by atoms with van der Waals surface area (Å²) < 4.78 is 11.1. The number of aliphatic hydroxyl groups excluding tert-OH is 1. The van der Waals surface area contributed by atoms with Gasteiger partial charge >= 0.3 is 0 Å². The van der Waals surface area contributed by atoms with Crippen molar-refractivity contribution in [3.63, 3.8) is 0 Å². The first-order valence-electron chi connectivity index (χ1n) is 7.77. The van der Waals surface area contributed by atoms with Crippen molar-refractivity contribution in [3.8, 4) is 11.5 Å². The Morgan fingerprint density at radius 2 is 1.74 bits per heavy atom. The highest BCUT2D eigenvalue weighted by atomic mass is 35.5. The van der Waals surface area contributed by atoms with Crippen LogP contribution in [0.2, 0.25) is 0 Å². The van der Waals surface area contributed by atoms with Crippen LogP contribution >= 0.6 is 12.4 Å². The molecular weight excluding hydrogens is 314 g/mol. The molecule has 0 aromatic heterocycles. The highest BCUT2D eigenvalue weighted by molar-refractivity contribution is 5.85. The summed E-state index contributed by atoms with van der Waals surface area (Å²) in [5, 5.41) is 13.3. The molecule has 0 bridgehead atoms. The first-order chi connectivity index (χ1) is 10.0. The lowest BCUT2D eigenvalue weighted by Gasteiger charge is -2.25. The Balaban J connectivity index is 0.00000484. The lowest BCUT2D eigenvalue weighted by atomic mass is 9.86. The zero-order chi connectivity index (χ0) is 17.0. The predicted molar refractivity (Wildman–Crippen MR) is 98.2 cm³/mol. The van der Waals surface area contributed by atoms with Crippen LogP contribution in [0.25, 0.3) is 0 Å². The molecule has 1 unspecified atom stereocenters. The van der Waals surface area contributed by atoms with Gasteiger partial charge in [0.05, 0.1) is 7.11 Å². The molecule has 0 amide bonds. The van der Waals surface area contributed by atoms with Crippen LogP contribution in [-0.2, 0) is 5.41 Å². The summed E-state index contributed by atoms with van der Waals surface area (Å²) in [5.41, 5.74) is 0.999. The van der Waals surface area contributed by atoms with Crippen molar-refractivity contribution in [2.45, 2.75) is 58.6 Å². The van der Waals surface area contributed by atoms with Crippen LogP contribution in [0.4, 0.5) is 0 Å². The standard InChI is InChI=1S/C18H31NO3.ClH/c1-17(2,3)15-10-14(21-7)8-9-16(15)22-12-13(20)11-19-18(4,5)6;/h8-10,13,19-20H,11-12H2,1-7H3;1H. The van der Waals surface area contributed by atoms with Crippen molar-refractivity contribution in [2.75, 3.05) is 20.3 Å². The number of hydrogen-bond acceptors (Lipinski definition) is 4.